The Morgan fingerprint density at radius 2 is 1.86 bits per heavy atom. The third-order valence-electron chi connectivity index (χ3n) is 5.15. The van der Waals surface area contributed by atoms with E-state index in [4.69, 9.17) is 0 Å². The van der Waals surface area contributed by atoms with Crippen molar-refractivity contribution < 1.29 is 9.59 Å². The minimum atomic E-state index is -0.0279. The van der Waals surface area contributed by atoms with Crippen molar-refractivity contribution in [1.82, 2.24) is 4.90 Å². The topological polar surface area (TPSA) is 49.4 Å². The molecule has 0 saturated heterocycles. The van der Waals surface area contributed by atoms with Gasteiger partial charge in [-0.25, -0.2) is 0 Å². The first-order valence-electron chi connectivity index (χ1n) is 8.14. The van der Waals surface area contributed by atoms with Crippen molar-refractivity contribution in [1.29, 1.82) is 0 Å². The van der Waals surface area contributed by atoms with Gasteiger partial charge in [0, 0.05) is 31.8 Å². The van der Waals surface area contributed by atoms with Crippen molar-refractivity contribution in [3.63, 3.8) is 0 Å². The summed E-state index contributed by atoms with van der Waals surface area (Å²) in [7, 11) is 3.46. The van der Waals surface area contributed by atoms with Crippen molar-refractivity contribution in [3.8, 4) is 0 Å². The molecule has 1 aromatic rings. The molecule has 0 heterocycles. The number of rotatable bonds is 4. The zero-order valence-electron chi connectivity index (χ0n) is 13.3. The molecule has 0 radical (unpaired) electrons. The van der Waals surface area contributed by atoms with Crippen LogP contribution >= 0.6 is 0 Å². The summed E-state index contributed by atoms with van der Waals surface area (Å²) in [5.41, 5.74) is 1.40. The van der Waals surface area contributed by atoms with Crippen molar-refractivity contribution >= 4 is 17.5 Å². The molecule has 1 N–H and O–H groups in total. The largest absolute Gasteiger partial charge is 0.345 e. The van der Waals surface area contributed by atoms with Gasteiger partial charge < -0.3 is 10.2 Å². The molecule has 0 aromatic heterocycles. The second-order valence-corrected chi connectivity index (χ2v) is 6.96. The van der Waals surface area contributed by atoms with Gasteiger partial charge >= 0.3 is 0 Å². The Morgan fingerprint density at radius 3 is 2.41 bits per heavy atom. The summed E-state index contributed by atoms with van der Waals surface area (Å²) in [4.78, 5) is 25.5. The summed E-state index contributed by atoms with van der Waals surface area (Å²) in [6.45, 7) is 0. The van der Waals surface area contributed by atoms with Gasteiger partial charge in [0.05, 0.1) is 0 Å². The monoisotopic (exact) mass is 300 g/mol. The van der Waals surface area contributed by atoms with Gasteiger partial charge in [-0.1, -0.05) is 6.42 Å². The Labute approximate surface area is 131 Å². The molecule has 1 aromatic carbocycles. The Balaban J connectivity index is 1.54. The van der Waals surface area contributed by atoms with Gasteiger partial charge in [-0.05, 0) is 61.3 Å². The number of anilines is 1. The second kappa shape index (κ2) is 6.11. The number of hydrogen-bond donors (Lipinski definition) is 1. The molecule has 3 rings (SSSR count). The maximum atomic E-state index is 12.2. The molecule has 4 nitrogen and oxygen atoms in total. The minimum absolute atomic E-state index is 0.0279. The van der Waals surface area contributed by atoms with Gasteiger partial charge in [-0.15, -0.1) is 0 Å². The van der Waals surface area contributed by atoms with Crippen LogP contribution in [0.1, 0.15) is 42.5 Å². The van der Waals surface area contributed by atoms with Crippen LogP contribution in [-0.2, 0) is 4.79 Å². The Morgan fingerprint density at radius 1 is 1.14 bits per heavy atom. The fourth-order valence-electron chi connectivity index (χ4n) is 4.03. The molecule has 2 amide bonds. The van der Waals surface area contributed by atoms with Crippen LogP contribution in [0.5, 0.6) is 0 Å². The van der Waals surface area contributed by atoms with Crippen LogP contribution in [0.25, 0.3) is 0 Å². The van der Waals surface area contributed by atoms with Crippen LogP contribution in [0.3, 0.4) is 0 Å². The molecule has 0 unspecified atom stereocenters. The molecule has 3 atom stereocenters. The highest BCUT2D eigenvalue weighted by molar-refractivity contribution is 5.95. The van der Waals surface area contributed by atoms with Crippen LogP contribution in [0.2, 0.25) is 0 Å². The van der Waals surface area contributed by atoms with E-state index in [0.717, 1.165) is 17.5 Å². The number of hydrogen-bond acceptors (Lipinski definition) is 2. The molecule has 2 fully saturated rings. The first-order valence-corrected chi connectivity index (χ1v) is 8.14. The SMILES string of the molecule is CN(C)C(=O)c1ccc(NC(=O)C[C@@H]2C[C@H]3CC[C@@H]2C3)cc1. The highest BCUT2D eigenvalue weighted by Crippen LogP contribution is 2.49. The lowest BCUT2D eigenvalue weighted by Crippen LogP contribution is -2.22. The summed E-state index contributed by atoms with van der Waals surface area (Å²) in [5, 5.41) is 2.96. The standard InChI is InChI=1S/C18H24N2O2/c1-20(2)18(22)13-5-7-16(8-6-13)19-17(21)11-15-10-12-3-4-14(15)9-12/h5-8,12,14-15H,3-4,9-11H2,1-2H3,(H,19,21)/t12-,14+,15-/m0/s1. The fraction of sp³-hybridized carbons (Fsp3) is 0.556. The molecule has 2 aliphatic carbocycles. The third kappa shape index (κ3) is 3.16. The summed E-state index contributed by atoms with van der Waals surface area (Å²) in [6.07, 6.45) is 5.88. The lowest BCUT2D eigenvalue weighted by atomic mass is 9.86. The van der Waals surface area contributed by atoms with Gasteiger partial charge in [0.2, 0.25) is 5.91 Å². The first-order chi connectivity index (χ1) is 10.5. The number of nitrogens with one attached hydrogen (secondary N) is 1. The average Bonchev–Trinajstić information content (AvgIpc) is 3.09. The van der Waals surface area contributed by atoms with Gasteiger partial charge in [-0.2, -0.15) is 0 Å². The van der Waals surface area contributed by atoms with Crippen LogP contribution in [0.15, 0.2) is 24.3 Å². The average molecular weight is 300 g/mol. The van der Waals surface area contributed by atoms with Gasteiger partial charge in [-0.3, -0.25) is 9.59 Å². The molecule has 0 spiro atoms. The Bertz CT molecular complexity index is 565. The molecule has 2 bridgehead atoms. The first kappa shape index (κ1) is 15.1. The summed E-state index contributed by atoms with van der Waals surface area (Å²) >= 11 is 0. The molecule has 4 heteroatoms. The van der Waals surface area contributed by atoms with E-state index in [1.807, 2.05) is 0 Å². The maximum absolute atomic E-state index is 12.2. The molecular weight excluding hydrogens is 276 g/mol. The van der Waals surface area contributed by atoms with Crippen molar-refractivity contribution in [3.05, 3.63) is 29.8 Å². The number of carbonyl (C=O) groups excluding carboxylic acids is 2. The van der Waals surface area contributed by atoms with E-state index >= 15 is 0 Å². The van der Waals surface area contributed by atoms with Crippen molar-refractivity contribution in [2.24, 2.45) is 17.8 Å². The molecule has 2 saturated carbocycles. The predicted octanol–water partition coefficient (Wildman–Crippen LogP) is 3.15. The van der Waals surface area contributed by atoms with Crippen LogP contribution in [0, 0.1) is 17.8 Å². The summed E-state index contributed by atoms with van der Waals surface area (Å²) in [6, 6.07) is 7.12. The van der Waals surface area contributed by atoms with E-state index in [2.05, 4.69) is 5.32 Å². The highest BCUT2D eigenvalue weighted by Gasteiger charge is 2.40. The molecule has 22 heavy (non-hydrogen) atoms. The molecular formula is C18H24N2O2. The van der Waals surface area contributed by atoms with E-state index in [1.165, 1.54) is 25.7 Å². The predicted molar refractivity (Wildman–Crippen MR) is 86.6 cm³/mol. The molecule has 2 aliphatic rings. The Kier molecular flexibility index (Phi) is 4.19. The fourth-order valence-corrected chi connectivity index (χ4v) is 4.03. The van der Waals surface area contributed by atoms with E-state index < -0.39 is 0 Å². The minimum Gasteiger partial charge on any atom is -0.345 e. The maximum Gasteiger partial charge on any atom is 0.253 e. The molecule has 118 valence electrons. The van der Waals surface area contributed by atoms with Crippen molar-refractivity contribution in [2.75, 3.05) is 19.4 Å². The number of fused-ring (bicyclic) bond motifs is 2. The van der Waals surface area contributed by atoms with Crippen LogP contribution in [0.4, 0.5) is 5.69 Å². The quantitative estimate of drug-likeness (QED) is 0.928. The summed E-state index contributed by atoms with van der Waals surface area (Å²) in [5.74, 6) is 2.30. The zero-order chi connectivity index (χ0) is 15.7. The lowest BCUT2D eigenvalue weighted by Gasteiger charge is -2.20. The number of carbonyl (C=O) groups is 2. The Hall–Kier alpha value is -1.84. The number of benzene rings is 1. The van der Waals surface area contributed by atoms with Gasteiger partial charge in [0.15, 0.2) is 0 Å². The second-order valence-electron chi connectivity index (χ2n) is 6.96. The van der Waals surface area contributed by atoms with Crippen LogP contribution in [-0.4, -0.2) is 30.8 Å². The zero-order valence-corrected chi connectivity index (χ0v) is 13.3. The van der Waals surface area contributed by atoms with Gasteiger partial charge in [0.25, 0.3) is 5.91 Å². The third-order valence-corrected chi connectivity index (χ3v) is 5.15. The smallest absolute Gasteiger partial charge is 0.253 e. The van der Waals surface area contributed by atoms with Crippen molar-refractivity contribution in [2.45, 2.75) is 32.1 Å². The van der Waals surface area contributed by atoms with E-state index in [9.17, 15) is 9.59 Å². The summed E-state index contributed by atoms with van der Waals surface area (Å²) < 4.78 is 0. The molecule has 0 aliphatic heterocycles. The van der Waals surface area contributed by atoms with Crippen LogP contribution < -0.4 is 5.32 Å². The number of amides is 2. The van der Waals surface area contributed by atoms with E-state index in [0.29, 0.717) is 17.9 Å². The normalized spacial score (nSPS) is 26.0. The van der Waals surface area contributed by atoms with E-state index in [1.54, 1.807) is 43.3 Å². The lowest BCUT2D eigenvalue weighted by molar-refractivity contribution is -0.117. The van der Waals surface area contributed by atoms with E-state index in [-0.39, 0.29) is 11.8 Å². The number of nitrogens with zero attached hydrogens (tertiary/aromatic N) is 1. The van der Waals surface area contributed by atoms with Gasteiger partial charge in [0.1, 0.15) is 0 Å². The highest BCUT2D eigenvalue weighted by atomic mass is 16.2.